The van der Waals surface area contributed by atoms with Crippen LogP contribution in [0.2, 0.25) is 0 Å². The van der Waals surface area contributed by atoms with Crippen LogP contribution < -0.4 is 10.6 Å². The SMILES string of the molecule is c1ccc(Nc2nc(NC3CC3)c3ncn(-c4ccccc4)c3n2)cc1. The molecular weight excluding hydrogens is 324 g/mol. The van der Waals surface area contributed by atoms with Crippen LogP contribution in [0.1, 0.15) is 12.8 Å². The molecule has 6 nitrogen and oxygen atoms in total. The molecule has 0 spiro atoms. The van der Waals surface area contributed by atoms with Gasteiger partial charge in [0.15, 0.2) is 17.0 Å². The second kappa shape index (κ2) is 6.15. The Morgan fingerprint density at radius 3 is 2.35 bits per heavy atom. The lowest BCUT2D eigenvalue weighted by atomic mass is 10.3. The third-order valence-electron chi connectivity index (χ3n) is 4.38. The minimum absolute atomic E-state index is 0.486. The highest BCUT2D eigenvalue weighted by molar-refractivity contribution is 5.86. The van der Waals surface area contributed by atoms with Crippen LogP contribution in [0.3, 0.4) is 0 Å². The summed E-state index contributed by atoms with van der Waals surface area (Å²) < 4.78 is 1.99. The summed E-state index contributed by atoms with van der Waals surface area (Å²) in [5.74, 6) is 1.34. The molecule has 1 aliphatic rings. The molecule has 128 valence electrons. The van der Waals surface area contributed by atoms with E-state index in [2.05, 4.69) is 20.6 Å². The first-order valence-electron chi connectivity index (χ1n) is 8.76. The summed E-state index contributed by atoms with van der Waals surface area (Å²) in [6, 6.07) is 20.5. The molecule has 0 aliphatic heterocycles. The average molecular weight is 342 g/mol. The maximum atomic E-state index is 4.73. The first-order chi connectivity index (χ1) is 12.9. The molecule has 1 fully saturated rings. The zero-order chi connectivity index (χ0) is 17.3. The highest BCUT2D eigenvalue weighted by Crippen LogP contribution is 2.29. The van der Waals surface area contributed by atoms with Crippen molar-refractivity contribution < 1.29 is 0 Å². The highest BCUT2D eigenvalue weighted by Gasteiger charge is 2.24. The van der Waals surface area contributed by atoms with E-state index >= 15 is 0 Å². The van der Waals surface area contributed by atoms with Gasteiger partial charge in [-0.25, -0.2) is 4.98 Å². The molecule has 1 aliphatic carbocycles. The van der Waals surface area contributed by atoms with Gasteiger partial charge < -0.3 is 10.6 Å². The van der Waals surface area contributed by atoms with Crippen LogP contribution in [0.25, 0.3) is 16.9 Å². The minimum atomic E-state index is 0.486. The fourth-order valence-electron chi connectivity index (χ4n) is 2.91. The van der Waals surface area contributed by atoms with Gasteiger partial charge >= 0.3 is 0 Å². The smallest absolute Gasteiger partial charge is 0.231 e. The van der Waals surface area contributed by atoms with Crippen molar-refractivity contribution in [2.24, 2.45) is 0 Å². The molecule has 2 N–H and O–H groups in total. The van der Waals surface area contributed by atoms with Gasteiger partial charge in [-0.15, -0.1) is 0 Å². The van der Waals surface area contributed by atoms with Gasteiger partial charge in [-0.1, -0.05) is 36.4 Å². The van der Waals surface area contributed by atoms with Crippen molar-refractivity contribution in [1.82, 2.24) is 19.5 Å². The van der Waals surface area contributed by atoms with Gasteiger partial charge in [0.25, 0.3) is 0 Å². The Hall–Kier alpha value is -3.41. The van der Waals surface area contributed by atoms with E-state index in [0.29, 0.717) is 12.0 Å². The first kappa shape index (κ1) is 14.9. The highest BCUT2D eigenvalue weighted by atomic mass is 15.2. The van der Waals surface area contributed by atoms with E-state index in [0.717, 1.165) is 28.4 Å². The van der Waals surface area contributed by atoms with Gasteiger partial charge in [0.05, 0.1) is 0 Å². The average Bonchev–Trinajstić information content (AvgIpc) is 3.39. The lowest BCUT2D eigenvalue weighted by Gasteiger charge is -2.10. The predicted molar refractivity (Wildman–Crippen MR) is 103 cm³/mol. The zero-order valence-electron chi connectivity index (χ0n) is 14.1. The van der Waals surface area contributed by atoms with E-state index in [-0.39, 0.29) is 0 Å². The van der Waals surface area contributed by atoms with Crippen molar-refractivity contribution in [1.29, 1.82) is 0 Å². The Bertz CT molecular complexity index is 1040. The Morgan fingerprint density at radius 2 is 1.62 bits per heavy atom. The number of aromatic nitrogens is 4. The number of para-hydroxylation sites is 2. The quantitative estimate of drug-likeness (QED) is 0.571. The largest absolute Gasteiger partial charge is 0.365 e. The van der Waals surface area contributed by atoms with Crippen molar-refractivity contribution in [2.45, 2.75) is 18.9 Å². The number of fused-ring (bicyclic) bond motifs is 1. The second-order valence-electron chi connectivity index (χ2n) is 6.43. The summed E-state index contributed by atoms with van der Waals surface area (Å²) in [5, 5.41) is 6.78. The Labute approximate surface area is 150 Å². The first-order valence-corrected chi connectivity index (χ1v) is 8.76. The van der Waals surface area contributed by atoms with E-state index in [1.807, 2.05) is 65.2 Å². The van der Waals surface area contributed by atoms with Crippen LogP contribution >= 0.6 is 0 Å². The number of hydrogen-bond acceptors (Lipinski definition) is 5. The van der Waals surface area contributed by atoms with Crippen LogP contribution in [-0.4, -0.2) is 25.6 Å². The van der Waals surface area contributed by atoms with Gasteiger partial charge in [0.1, 0.15) is 6.33 Å². The fourth-order valence-corrected chi connectivity index (χ4v) is 2.91. The Kier molecular flexibility index (Phi) is 3.52. The van der Waals surface area contributed by atoms with Crippen LogP contribution in [0, 0.1) is 0 Å². The number of benzene rings is 2. The Balaban J connectivity index is 1.63. The van der Waals surface area contributed by atoms with Gasteiger partial charge in [0, 0.05) is 17.4 Å². The molecule has 2 aromatic carbocycles. The summed E-state index contributed by atoms with van der Waals surface area (Å²) in [6.07, 6.45) is 4.15. The number of anilines is 3. The monoisotopic (exact) mass is 342 g/mol. The molecule has 26 heavy (non-hydrogen) atoms. The number of rotatable bonds is 5. The van der Waals surface area contributed by atoms with Crippen molar-refractivity contribution in [3.05, 3.63) is 67.0 Å². The third kappa shape index (κ3) is 2.86. The maximum Gasteiger partial charge on any atom is 0.231 e. The minimum Gasteiger partial charge on any atom is -0.365 e. The molecule has 2 aromatic heterocycles. The second-order valence-corrected chi connectivity index (χ2v) is 6.43. The summed E-state index contributed by atoms with van der Waals surface area (Å²) in [6.45, 7) is 0. The molecular formula is C20H18N6. The molecule has 2 heterocycles. The summed E-state index contributed by atoms with van der Waals surface area (Å²) in [5.41, 5.74) is 3.55. The number of imidazole rings is 1. The van der Waals surface area contributed by atoms with E-state index in [1.165, 1.54) is 12.8 Å². The van der Waals surface area contributed by atoms with Crippen LogP contribution in [0.4, 0.5) is 17.5 Å². The molecule has 0 bridgehead atoms. The number of nitrogens with zero attached hydrogens (tertiary/aromatic N) is 4. The van der Waals surface area contributed by atoms with Crippen molar-refractivity contribution in [2.75, 3.05) is 10.6 Å². The zero-order valence-corrected chi connectivity index (χ0v) is 14.1. The predicted octanol–water partition coefficient (Wildman–Crippen LogP) is 4.13. The van der Waals surface area contributed by atoms with E-state index < -0.39 is 0 Å². The standard InChI is InChI=1S/C20H18N6/c1-3-7-14(8-4-1)23-20-24-18(22-15-11-12-15)17-19(25-20)26(13-21-17)16-9-5-2-6-10-16/h1-10,13,15H,11-12H2,(H2,22,23,24,25). The number of hydrogen-bond donors (Lipinski definition) is 2. The van der Waals surface area contributed by atoms with Gasteiger partial charge in [-0.2, -0.15) is 9.97 Å². The van der Waals surface area contributed by atoms with Crippen LogP contribution in [-0.2, 0) is 0 Å². The van der Waals surface area contributed by atoms with Crippen molar-refractivity contribution >= 4 is 28.6 Å². The molecule has 6 heteroatoms. The summed E-state index contributed by atoms with van der Waals surface area (Å²) in [4.78, 5) is 14.0. The Morgan fingerprint density at radius 1 is 0.885 bits per heavy atom. The van der Waals surface area contributed by atoms with Crippen LogP contribution in [0.15, 0.2) is 67.0 Å². The summed E-state index contributed by atoms with van der Waals surface area (Å²) >= 11 is 0. The van der Waals surface area contributed by atoms with Crippen molar-refractivity contribution in [3.63, 3.8) is 0 Å². The molecule has 5 rings (SSSR count). The molecule has 0 radical (unpaired) electrons. The molecule has 0 saturated heterocycles. The van der Waals surface area contributed by atoms with Crippen molar-refractivity contribution in [3.8, 4) is 5.69 Å². The fraction of sp³-hybridized carbons (Fsp3) is 0.150. The van der Waals surface area contributed by atoms with E-state index in [9.17, 15) is 0 Å². The molecule has 0 unspecified atom stereocenters. The van der Waals surface area contributed by atoms with E-state index in [4.69, 9.17) is 4.98 Å². The lowest BCUT2D eigenvalue weighted by molar-refractivity contribution is 1.06. The van der Waals surface area contributed by atoms with Crippen LogP contribution in [0.5, 0.6) is 0 Å². The molecule has 1 saturated carbocycles. The van der Waals surface area contributed by atoms with Gasteiger partial charge in [-0.05, 0) is 37.1 Å². The van der Waals surface area contributed by atoms with E-state index in [1.54, 1.807) is 6.33 Å². The molecule has 4 aromatic rings. The lowest BCUT2D eigenvalue weighted by Crippen LogP contribution is -2.07. The molecule has 0 amide bonds. The third-order valence-corrected chi connectivity index (χ3v) is 4.38. The van der Waals surface area contributed by atoms with Gasteiger partial charge in [0.2, 0.25) is 5.95 Å². The maximum absolute atomic E-state index is 4.73. The normalized spacial score (nSPS) is 13.7. The molecule has 0 atom stereocenters. The topological polar surface area (TPSA) is 67.7 Å². The van der Waals surface area contributed by atoms with Gasteiger partial charge in [-0.3, -0.25) is 4.57 Å². The number of nitrogens with one attached hydrogen (secondary N) is 2. The summed E-state index contributed by atoms with van der Waals surface area (Å²) in [7, 11) is 0.